The maximum atomic E-state index is 14.0. The number of epoxide rings is 2. The summed E-state index contributed by atoms with van der Waals surface area (Å²) in [5.41, 5.74) is -1.18. The fraction of sp³-hybridized carbons (Fsp3) is 0.632. The van der Waals surface area contributed by atoms with E-state index in [2.05, 4.69) is 0 Å². The topological polar surface area (TPSA) is 60.6 Å². The smallest absolute Gasteiger partial charge is 0.196 e. The predicted octanol–water partition coefficient (Wildman–Crippen LogP) is 2.32. The van der Waals surface area contributed by atoms with Crippen molar-refractivity contribution < 1.29 is 28.1 Å². The Morgan fingerprint density at radius 2 is 2.04 bits per heavy atom. The van der Waals surface area contributed by atoms with Crippen LogP contribution in [0.25, 0.3) is 0 Å². The second kappa shape index (κ2) is 6.04. The first-order valence-electron chi connectivity index (χ1n) is 8.70. The van der Waals surface area contributed by atoms with E-state index in [0.717, 1.165) is 5.75 Å². The van der Waals surface area contributed by atoms with Gasteiger partial charge in [-0.2, -0.15) is 0 Å². The van der Waals surface area contributed by atoms with Gasteiger partial charge in [-0.25, -0.2) is 4.39 Å². The number of para-hydroxylation sites is 1. The van der Waals surface area contributed by atoms with E-state index in [1.165, 1.54) is 7.11 Å². The summed E-state index contributed by atoms with van der Waals surface area (Å²) >= 11 is 0. The van der Waals surface area contributed by atoms with Crippen molar-refractivity contribution in [2.45, 2.75) is 49.3 Å². The molecule has 3 fully saturated rings. The van der Waals surface area contributed by atoms with E-state index in [4.69, 9.17) is 18.9 Å². The monoisotopic (exact) mass is 350 g/mol. The van der Waals surface area contributed by atoms with Crippen LogP contribution in [0.5, 0.6) is 5.75 Å². The number of hydrogen-bond donors (Lipinski definition) is 0. The first-order chi connectivity index (χ1) is 12.0. The average molecular weight is 350 g/mol. The van der Waals surface area contributed by atoms with E-state index in [1.54, 1.807) is 0 Å². The zero-order valence-electron chi connectivity index (χ0n) is 14.4. The highest BCUT2D eigenvalue weighted by Gasteiger charge is 2.73. The van der Waals surface area contributed by atoms with Crippen LogP contribution in [-0.4, -0.2) is 55.7 Å². The highest BCUT2D eigenvalue weighted by atomic mass is 19.1. The summed E-state index contributed by atoms with van der Waals surface area (Å²) in [5, 5.41) is 0. The molecule has 0 bridgehead atoms. The molecular formula is C19H23FO5. The third-order valence-electron chi connectivity index (χ3n) is 5.74. The molecule has 0 amide bonds. The number of ether oxygens (including phenoxy) is 4. The van der Waals surface area contributed by atoms with E-state index in [0.29, 0.717) is 19.6 Å². The van der Waals surface area contributed by atoms with Gasteiger partial charge in [0.1, 0.15) is 23.1 Å². The summed E-state index contributed by atoms with van der Waals surface area (Å²) in [6.45, 7) is 2.94. The fourth-order valence-corrected chi connectivity index (χ4v) is 4.31. The van der Waals surface area contributed by atoms with Crippen LogP contribution in [0.15, 0.2) is 30.3 Å². The number of alkyl halides is 1. The largest absolute Gasteiger partial charge is 0.493 e. The molecule has 2 heterocycles. The van der Waals surface area contributed by atoms with Gasteiger partial charge in [0.2, 0.25) is 0 Å². The highest BCUT2D eigenvalue weighted by Crippen LogP contribution is 2.58. The Kier molecular flexibility index (Phi) is 4.09. The minimum absolute atomic E-state index is 0.0519. The average Bonchev–Trinajstić information content (AvgIpc) is 3.51. The Bertz CT molecular complexity index is 646. The van der Waals surface area contributed by atoms with Crippen LogP contribution in [0, 0.1) is 5.92 Å². The summed E-state index contributed by atoms with van der Waals surface area (Å²) in [7, 11) is 1.45. The van der Waals surface area contributed by atoms with E-state index < -0.39 is 29.3 Å². The van der Waals surface area contributed by atoms with Gasteiger partial charge in [0, 0.05) is 20.0 Å². The predicted molar refractivity (Wildman–Crippen MR) is 87.3 cm³/mol. The Morgan fingerprint density at radius 1 is 1.32 bits per heavy atom. The molecule has 6 heteroatoms. The summed E-state index contributed by atoms with van der Waals surface area (Å²) in [5.74, 6) is 0.0330. The molecular weight excluding hydrogens is 327 g/mol. The lowest BCUT2D eigenvalue weighted by Crippen LogP contribution is -2.56. The molecule has 3 aliphatic rings. The molecule has 1 aliphatic carbocycles. The van der Waals surface area contributed by atoms with Gasteiger partial charge in [0.25, 0.3) is 0 Å². The molecule has 0 N–H and O–H groups in total. The van der Waals surface area contributed by atoms with Gasteiger partial charge in [0.15, 0.2) is 12.0 Å². The Balaban J connectivity index is 1.41. The zero-order chi connectivity index (χ0) is 17.7. The molecule has 5 nitrogen and oxygen atoms in total. The number of hydrogen-bond acceptors (Lipinski definition) is 5. The molecule has 1 spiro atoms. The normalized spacial score (nSPS) is 42.4. The maximum absolute atomic E-state index is 14.0. The summed E-state index contributed by atoms with van der Waals surface area (Å²) in [6, 6.07) is 9.59. The lowest BCUT2D eigenvalue weighted by molar-refractivity contribution is -0.150. The van der Waals surface area contributed by atoms with Crippen LogP contribution in [0.1, 0.15) is 19.8 Å². The van der Waals surface area contributed by atoms with E-state index >= 15 is 0 Å². The molecule has 1 aromatic carbocycles. The second-order valence-electron chi connectivity index (χ2n) is 7.30. The number of halogens is 1. The van der Waals surface area contributed by atoms with Crippen LogP contribution in [0.4, 0.5) is 4.39 Å². The van der Waals surface area contributed by atoms with Gasteiger partial charge in [-0.05, 0) is 19.1 Å². The molecule has 0 aromatic heterocycles. The van der Waals surface area contributed by atoms with E-state index in [9.17, 15) is 9.18 Å². The number of ketones is 1. The molecule has 2 aliphatic heterocycles. The van der Waals surface area contributed by atoms with E-state index in [-0.39, 0.29) is 18.4 Å². The number of carbonyl (C=O) groups excluding carboxylic acids is 1. The lowest BCUT2D eigenvalue weighted by atomic mass is 9.68. The third-order valence-corrected chi connectivity index (χ3v) is 5.74. The van der Waals surface area contributed by atoms with Crippen LogP contribution in [0.3, 0.4) is 0 Å². The molecule has 25 heavy (non-hydrogen) atoms. The molecule has 1 aromatic rings. The Labute approximate surface area is 146 Å². The summed E-state index contributed by atoms with van der Waals surface area (Å²) in [4.78, 5) is 12.2. The second-order valence-corrected chi connectivity index (χ2v) is 7.30. The van der Waals surface area contributed by atoms with Gasteiger partial charge in [-0.3, -0.25) is 4.79 Å². The van der Waals surface area contributed by atoms with Gasteiger partial charge in [-0.15, -0.1) is 0 Å². The van der Waals surface area contributed by atoms with Crippen LogP contribution < -0.4 is 4.74 Å². The SMILES string of the molecule is CO[C@@H]1C(=O)C(F)C[C@]2(CO2)[C@H]1[C@]1(C)O[C@@H]1CCOc1ccccc1. The molecule has 136 valence electrons. The first kappa shape index (κ1) is 16.9. The standard InChI is InChI=1S/C19H23FO5/c1-18(14(25-18)8-9-23-12-6-4-3-5-7-12)17-16(22-2)15(21)13(20)10-19(17)11-24-19/h3-7,13-14,16-17H,8-11H2,1-2H3/t13?,14-,16-,17-,18-,19+/m1/s1. The Hall–Kier alpha value is -1.50. The van der Waals surface area contributed by atoms with Gasteiger partial charge in [0.05, 0.1) is 25.2 Å². The van der Waals surface area contributed by atoms with Crippen LogP contribution >= 0.6 is 0 Å². The van der Waals surface area contributed by atoms with Crippen molar-refractivity contribution in [3.8, 4) is 5.75 Å². The maximum Gasteiger partial charge on any atom is 0.196 e. The fourth-order valence-electron chi connectivity index (χ4n) is 4.31. The molecule has 0 radical (unpaired) electrons. The van der Waals surface area contributed by atoms with Crippen molar-refractivity contribution in [3.63, 3.8) is 0 Å². The number of Topliss-reactive ketones (excluding diaryl/α,β-unsaturated/α-hetero) is 1. The molecule has 1 saturated carbocycles. The number of carbonyl (C=O) groups is 1. The number of rotatable bonds is 6. The van der Waals surface area contributed by atoms with Gasteiger partial charge in [-0.1, -0.05) is 18.2 Å². The lowest BCUT2D eigenvalue weighted by Gasteiger charge is -2.38. The molecule has 2 saturated heterocycles. The molecule has 6 atom stereocenters. The van der Waals surface area contributed by atoms with Crippen molar-refractivity contribution in [1.82, 2.24) is 0 Å². The highest BCUT2D eigenvalue weighted by molar-refractivity contribution is 5.89. The third kappa shape index (κ3) is 2.86. The van der Waals surface area contributed by atoms with Crippen molar-refractivity contribution in [3.05, 3.63) is 30.3 Å². The number of methoxy groups -OCH3 is 1. The van der Waals surface area contributed by atoms with Gasteiger partial charge >= 0.3 is 0 Å². The summed E-state index contributed by atoms with van der Waals surface area (Å²) in [6.07, 6.45) is -1.60. The summed E-state index contributed by atoms with van der Waals surface area (Å²) < 4.78 is 36.7. The Morgan fingerprint density at radius 3 is 2.68 bits per heavy atom. The minimum atomic E-state index is -1.52. The van der Waals surface area contributed by atoms with Crippen molar-refractivity contribution in [2.24, 2.45) is 5.92 Å². The van der Waals surface area contributed by atoms with Crippen molar-refractivity contribution in [1.29, 1.82) is 0 Å². The quantitative estimate of drug-likeness (QED) is 0.737. The van der Waals surface area contributed by atoms with Crippen LogP contribution in [-0.2, 0) is 19.0 Å². The molecule has 4 rings (SSSR count). The molecule has 1 unspecified atom stereocenters. The minimum Gasteiger partial charge on any atom is -0.493 e. The van der Waals surface area contributed by atoms with E-state index in [1.807, 2.05) is 37.3 Å². The van der Waals surface area contributed by atoms with Crippen LogP contribution in [0.2, 0.25) is 0 Å². The van der Waals surface area contributed by atoms with Crippen molar-refractivity contribution in [2.75, 3.05) is 20.3 Å². The van der Waals surface area contributed by atoms with Crippen molar-refractivity contribution >= 4 is 5.78 Å². The van der Waals surface area contributed by atoms with Gasteiger partial charge < -0.3 is 18.9 Å². The zero-order valence-corrected chi connectivity index (χ0v) is 14.4. The number of benzene rings is 1. The first-order valence-corrected chi connectivity index (χ1v) is 8.70.